The van der Waals surface area contributed by atoms with Crippen molar-refractivity contribution in [2.24, 2.45) is 11.8 Å². The molecule has 1 aromatic heterocycles. The highest BCUT2D eigenvalue weighted by atomic mass is 19.4. The van der Waals surface area contributed by atoms with Crippen LogP contribution in [0, 0.1) is 11.8 Å². The van der Waals surface area contributed by atoms with Gasteiger partial charge in [-0.25, -0.2) is 0 Å². The quantitative estimate of drug-likeness (QED) is 0.858. The molecule has 0 saturated heterocycles. The number of benzene rings is 1. The maximum atomic E-state index is 13.0. The van der Waals surface area contributed by atoms with Crippen LogP contribution in [-0.2, 0) is 22.3 Å². The summed E-state index contributed by atoms with van der Waals surface area (Å²) in [5.41, 5.74) is -0.531. The number of carbonyl (C=O) groups is 2. The molecule has 1 fully saturated rings. The molecule has 2 aromatic rings. The Bertz CT molecular complexity index is 809. The zero-order valence-corrected chi connectivity index (χ0v) is 13.6. The van der Waals surface area contributed by atoms with Crippen LogP contribution in [0.25, 0.3) is 0 Å². The monoisotopic (exact) mass is 363 g/mol. The minimum absolute atomic E-state index is 0.238. The van der Waals surface area contributed by atoms with Crippen molar-refractivity contribution in [2.75, 3.05) is 5.32 Å². The van der Waals surface area contributed by atoms with Gasteiger partial charge in [0.1, 0.15) is 0 Å². The highest BCUT2D eigenvalue weighted by molar-refractivity contribution is 6.00. The molecule has 3 rings (SSSR count). The number of hydrogen-bond acceptors (Lipinski definition) is 3. The van der Waals surface area contributed by atoms with Crippen LogP contribution in [0.15, 0.2) is 48.7 Å². The predicted octanol–water partition coefficient (Wildman–Crippen LogP) is 2.99. The zero-order chi connectivity index (χ0) is 18.7. The smallest absolute Gasteiger partial charge is 0.350 e. The van der Waals surface area contributed by atoms with Gasteiger partial charge in [0.2, 0.25) is 11.8 Å². The molecule has 0 radical (unpaired) electrons. The maximum Gasteiger partial charge on any atom is 0.418 e. The van der Waals surface area contributed by atoms with E-state index in [1.165, 1.54) is 18.2 Å². The second-order valence-electron chi connectivity index (χ2n) is 6.02. The summed E-state index contributed by atoms with van der Waals surface area (Å²) in [4.78, 5) is 28.3. The lowest BCUT2D eigenvalue weighted by Gasteiger charge is -2.13. The minimum Gasteiger partial charge on any atom is -0.350 e. The van der Waals surface area contributed by atoms with Crippen LogP contribution in [0.4, 0.5) is 18.9 Å². The van der Waals surface area contributed by atoms with Gasteiger partial charge in [-0.15, -0.1) is 0 Å². The molecule has 0 bridgehead atoms. The summed E-state index contributed by atoms with van der Waals surface area (Å²) in [6.45, 7) is 0.238. The Hall–Kier alpha value is -2.90. The Labute approximate surface area is 147 Å². The molecule has 0 aliphatic heterocycles. The van der Waals surface area contributed by atoms with Gasteiger partial charge < -0.3 is 10.6 Å². The molecule has 136 valence electrons. The third kappa shape index (κ3) is 4.19. The number of amides is 2. The molecular weight excluding hydrogens is 347 g/mol. The molecule has 5 nitrogen and oxygen atoms in total. The lowest BCUT2D eigenvalue weighted by Crippen LogP contribution is -2.27. The number of para-hydroxylation sites is 1. The lowest BCUT2D eigenvalue weighted by molar-refractivity contribution is -0.137. The van der Waals surface area contributed by atoms with Crippen molar-refractivity contribution in [2.45, 2.75) is 19.1 Å². The van der Waals surface area contributed by atoms with Crippen molar-refractivity contribution in [3.8, 4) is 0 Å². The third-order valence-electron chi connectivity index (χ3n) is 4.12. The van der Waals surface area contributed by atoms with Gasteiger partial charge in [0, 0.05) is 6.20 Å². The van der Waals surface area contributed by atoms with Gasteiger partial charge in [-0.05, 0) is 30.7 Å². The fourth-order valence-electron chi connectivity index (χ4n) is 2.65. The Kier molecular flexibility index (Phi) is 4.92. The number of hydrogen-bond donors (Lipinski definition) is 2. The number of rotatable bonds is 5. The fraction of sp³-hybridized carbons (Fsp3) is 0.278. The van der Waals surface area contributed by atoms with E-state index in [1.807, 2.05) is 0 Å². The van der Waals surface area contributed by atoms with Crippen LogP contribution >= 0.6 is 0 Å². The van der Waals surface area contributed by atoms with E-state index in [-0.39, 0.29) is 18.1 Å². The molecule has 2 atom stereocenters. The maximum absolute atomic E-state index is 13.0. The normalized spacial score (nSPS) is 18.9. The van der Waals surface area contributed by atoms with E-state index in [1.54, 1.807) is 24.4 Å². The molecule has 1 aromatic carbocycles. The van der Waals surface area contributed by atoms with Gasteiger partial charge in [0.05, 0.1) is 35.3 Å². The van der Waals surface area contributed by atoms with E-state index < -0.39 is 29.5 Å². The van der Waals surface area contributed by atoms with E-state index in [0.717, 1.165) is 6.07 Å². The number of alkyl halides is 3. The molecule has 1 heterocycles. The summed E-state index contributed by atoms with van der Waals surface area (Å²) in [7, 11) is 0. The molecule has 1 aliphatic carbocycles. The van der Waals surface area contributed by atoms with Crippen LogP contribution < -0.4 is 10.6 Å². The predicted molar refractivity (Wildman–Crippen MR) is 87.8 cm³/mol. The van der Waals surface area contributed by atoms with E-state index in [2.05, 4.69) is 15.6 Å². The fourth-order valence-corrected chi connectivity index (χ4v) is 2.65. The van der Waals surface area contributed by atoms with Crippen molar-refractivity contribution in [3.05, 3.63) is 59.9 Å². The first-order valence-electron chi connectivity index (χ1n) is 8.01. The number of carbonyl (C=O) groups excluding carboxylic acids is 2. The highest BCUT2D eigenvalue weighted by Gasteiger charge is 2.48. The summed E-state index contributed by atoms with van der Waals surface area (Å²) in [5.74, 6) is -2.05. The van der Waals surface area contributed by atoms with E-state index in [0.29, 0.717) is 12.1 Å². The van der Waals surface area contributed by atoms with Crippen LogP contribution in [0.1, 0.15) is 17.7 Å². The Morgan fingerprint density at radius 3 is 2.42 bits per heavy atom. The molecule has 2 N–H and O–H groups in total. The first-order valence-corrected chi connectivity index (χ1v) is 8.01. The summed E-state index contributed by atoms with van der Waals surface area (Å²) >= 11 is 0. The van der Waals surface area contributed by atoms with Crippen molar-refractivity contribution in [1.82, 2.24) is 10.3 Å². The van der Waals surface area contributed by atoms with Gasteiger partial charge in [-0.2, -0.15) is 13.2 Å². The van der Waals surface area contributed by atoms with E-state index in [9.17, 15) is 22.8 Å². The molecule has 2 unspecified atom stereocenters. The van der Waals surface area contributed by atoms with Gasteiger partial charge in [0.25, 0.3) is 0 Å². The summed E-state index contributed by atoms with van der Waals surface area (Å²) < 4.78 is 38.9. The minimum atomic E-state index is -4.56. The second-order valence-corrected chi connectivity index (χ2v) is 6.02. The SMILES string of the molecule is O=C(NCc1ccccn1)C1CC1C(=O)Nc1ccccc1C(F)(F)F. The van der Waals surface area contributed by atoms with Gasteiger partial charge in [-0.1, -0.05) is 18.2 Å². The van der Waals surface area contributed by atoms with E-state index in [4.69, 9.17) is 0 Å². The molecule has 8 heteroatoms. The molecule has 1 aliphatic rings. The number of anilines is 1. The molecule has 1 saturated carbocycles. The van der Waals surface area contributed by atoms with Gasteiger partial charge in [-0.3, -0.25) is 14.6 Å². The van der Waals surface area contributed by atoms with Crippen LogP contribution in [0.3, 0.4) is 0 Å². The lowest BCUT2D eigenvalue weighted by atomic mass is 10.1. The largest absolute Gasteiger partial charge is 0.418 e. The van der Waals surface area contributed by atoms with Crippen molar-refractivity contribution < 1.29 is 22.8 Å². The highest BCUT2D eigenvalue weighted by Crippen LogP contribution is 2.41. The van der Waals surface area contributed by atoms with E-state index >= 15 is 0 Å². The summed E-state index contributed by atoms with van der Waals surface area (Å²) in [6.07, 6.45) is -2.64. The first-order chi connectivity index (χ1) is 12.4. The van der Waals surface area contributed by atoms with Crippen LogP contribution in [-0.4, -0.2) is 16.8 Å². The van der Waals surface area contributed by atoms with Crippen molar-refractivity contribution >= 4 is 17.5 Å². The number of pyridine rings is 1. The summed E-state index contributed by atoms with van der Waals surface area (Å²) in [5, 5.41) is 4.97. The second kappa shape index (κ2) is 7.15. The van der Waals surface area contributed by atoms with Gasteiger partial charge in [0.15, 0.2) is 0 Å². The summed E-state index contributed by atoms with van der Waals surface area (Å²) in [6, 6.07) is 10.1. The average molecular weight is 363 g/mol. The molecule has 26 heavy (non-hydrogen) atoms. The number of aromatic nitrogens is 1. The topological polar surface area (TPSA) is 71.1 Å². The first kappa shape index (κ1) is 17.9. The number of nitrogens with one attached hydrogen (secondary N) is 2. The van der Waals surface area contributed by atoms with Crippen molar-refractivity contribution in [3.63, 3.8) is 0 Å². The molecule has 2 amide bonds. The third-order valence-corrected chi connectivity index (χ3v) is 4.12. The van der Waals surface area contributed by atoms with Gasteiger partial charge >= 0.3 is 6.18 Å². The van der Waals surface area contributed by atoms with Crippen molar-refractivity contribution in [1.29, 1.82) is 0 Å². The van der Waals surface area contributed by atoms with Crippen LogP contribution in [0.5, 0.6) is 0 Å². The Balaban J connectivity index is 1.56. The Morgan fingerprint density at radius 1 is 1.04 bits per heavy atom. The number of nitrogens with zero attached hydrogens (tertiary/aromatic N) is 1. The molecule has 0 spiro atoms. The molecular formula is C18H16F3N3O2. The number of halogens is 3. The Morgan fingerprint density at radius 2 is 1.73 bits per heavy atom. The zero-order valence-electron chi connectivity index (χ0n) is 13.6. The van der Waals surface area contributed by atoms with Crippen LogP contribution in [0.2, 0.25) is 0 Å². The average Bonchev–Trinajstić information content (AvgIpc) is 3.41. The standard InChI is InChI=1S/C18H16F3N3O2/c19-18(20,21)14-6-1-2-7-15(14)24-17(26)13-9-12(13)16(25)23-10-11-5-3-4-8-22-11/h1-8,12-13H,9-10H2,(H,23,25)(H,24,26).